The largest absolute Gasteiger partial charge is 0.389 e. The van der Waals surface area contributed by atoms with E-state index in [1.807, 2.05) is 54.1 Å². The smallest absolute Gasteiger partial charge is 0.251 e. The number of hydrogen-bond donors (Lipinski definition) is 2. The van der Waals surface area contributed by atoms with Gasteiger partial charge in [0.2, 0.25) is 0 Å². The molecule has 0 saturated heterocycles. The number of benzene rings is 2. The van der Waals surface area contributed by atoms with Gasteiger partial charge >= 0.3 is 0 Å². The first-order chi connectivity index (χ1) is 12.5. The summed E-state index contributed by atoms with van der Waals surface area (Å²) in [6, 6.07) is 15.2. The van der Waals surface area contributed by atoms with Crippen LogP contribution in [0.15, 0.2) is 54.9 Å². The Labute approximate surface area is 152 Å². The van der Waals surface area contributed by atoms with Crippen LogP contribution in [0.3, 0.4) is 0 Å². The number of aryl methyl sites for hydroxylation is 1. The summed E-state index contributed by atoms with van der Waals surface area (Å²) in [6.07, 6.45) is 1.74. The number of aromatic nitrogens is 3. The number of rotatable bonds is 6. The Morgan fingerprint density at radius 3 is 2.62 bits per heavy atom. The van der Waals surface area contributed by atoms with E-state index in [0.717, 1.165) is 22.5 Å². The highest BCUT2D eigenvalue weighted by atomic mass is 16.3. The van der Waals surface area contributed by atoms with Gasteiger partial charge in [0.05, 0.1) is 6.10 Å². The third kappa shape index (κ3) is 4.15. The molecule has 3 rings (SSSR count). The third-order valence-electron chi connectivity index (χ3n) is 4.27. The van der Waals surface area contributed by atoms with Crippen molar-refractivity contribution in [1.82, 2.24) is 20.1 Å². The maximum absolute atomic E-state index is 12.4. The Balaban J connectivity index is 1.69. The van der Waals surface area contributed by atoms with Crippen LogP contribution >= 0.6 is 0 Å². The Morgan fingerprint density at radius 2 is 1.92 bits per heavy atom. The maximum Gasteiger partial charge on any atom is 0.251 e. The minimum absolute atomic E-state index is 0.124. The highest BCUT2D eigenvalue weighted by Gasteiger charge is 2.09. The second-order valence-electron chi connectivity index (χ2n) is 6.25. The lowest BCUT2D eigenvalue weighted by Crippen LogP contribution is -2.26. The van der Waals surface area contributed by atoms with Crippen LogP contribution in [0.5, 0.6) is 0 Å². The number of aliphatic hydroxyl groups is 1. The molecule has 0 bridgehead atoms. The van der Waals surface area contributed by atoms with Gasteiger partial charge in [-0.15, -0.1) is 10.2 Å². The lowest BCUT2D eigenvalue weighted by molar-refractivity contribution is 0.0954. The Hall–Kier alpha value is -2.99. The lowest BCUT2D eigenvalue weighted by Gasteiger charge is -2.10. The van der Waals surface area contributed by atoms with Gasteiger partial charge in [-0.3, -0.25) is 4.79 Å². The minimum Gasteiger partial charge on any atom is -0.389 e. The van der Waals surface area contributed by atoms with E-state index in [4.69, 9.17) is 0 Å². The molecule has 0 spiro atoms. The molecular weight excluding hydrogens is 328 g/mol. The molecule has 2 aromatic carbocycles. The van der Waals surface area contributed by atoms with E-state index in [0.29, 0.717) is 18.5 Å². The van der Waals surface area contributed by atoms with Gasteiger partial charge in [-0.05, 0) is 41.8 Å². The van der Waals surface area contributed by atoms with Crippen LogP contribution in [0, 0.1) is 0 Å². The SMILES string of the molecule is CC(O)c1cccc(-c2cccc(C(=O)NCCc3nncn3C)c2)c1. The monoisotopic (exact) mass is 350 g/mol. The first kappa shape index (κ1) is 17.8. The van der Waals surface area contributed by atoms with Crippen LogP contribution in [0.2, 0.25) is 0 Å². The summed E-state index contributed by atoms with van der Waals surface area (Å²) in [5, 5.41) is 20.5. The third-order valence-corrected chi connectivity index (χ3v) is 4.27. The van der Waals surface area contributed by atoms with Crippen molar-refractivity contribution in [3.63, 3.8) is 0 Å². The fourth-order valence-corrected chi connectivity index (χ4v) is 2.74. The number of amides is 1. The molecule has 0 saturated carbocycles. The number of nitrogens with zero attached hydrogens (tertiary/aromatic N) is 3. The van der Waals surface area contributed by atoms with Crippen LogP contribution < -0.4 is 5.32 Å². The lowest BCUT2D eigenvalue weighted by atomic mass is 9.99. The topological polar surface area (TPSA) is 80.0 Å². The van der Waals surface area contributed by atoms with E-state index in [-0.39, 0.29) is 5.91 Å². The number of aliphatic hydroxyl groups excluding tert-OH is 1. The van der Waals surface area contributed by atoms with Crippen LogP contribution in [-0.4, -0.2) is 32.3 Å². The standard InChI is InChI=1S/C20H22N4O2/c1-14(25)15-5-3-6-16(11-15)17-7-4-8-18(12-17)20(26)21-10-9-19-23-22-13-24(19)2/h3-8,11-14,25H,9-10H2,1-2H3,(H,21,26). The minimum atomic E-state index is -0.526. The summed E-state index contributed by atoms with van der Waals surface area (Å²) in [6.45, 7) is 2.23. The highest BCUT2D eigenvalue weighted by Crippen LogP contribution is 2.24. The Morgan fingerprint density at radius 1 is 1.19 bits per heavy atom. The number of nitrogens with one attached hydrogen (secondary N) is 1. The summed E-state index contributed by atoms with van der Waals surface area (Å²) in [7, 11) is 1.88. The second-order valence-corrected chi connectivity index (χ2v) is 6.25. The van der Waals surface area contributed by atoms with E-state index in [9.17, 15) is 9.90 Å². The summed E-state index contributed by atoms with van der Waals surface area (Å²) in [5.41, 5.74) is 3.36. The van der Waals surface area contributed by atoms with Crippen molar-refractivity contribution in [3.05, 3.63) is 71.8 Å². The van der Waals surface area contributed by atoms with Crippen LogP contribution in [0.4, 0.5) is 0 Å². The molecule has 1 atom stereocenters. The number of carbonyl (C=O) groups is 1. The molecule has 6 heteroatoms. The van der Waals surface area contributed by atoms with Crippen molar-refractivity contribution in [2.45, 2.75) is 19.4 Å². The first-order valence-corrected chi connectivity index (χ1v) is 8.54. The zero-order chi connectivity index (χ0) is 18.5. The molecule has 6 nitrogen and oxygen atoms in total. The molecule has 0 aliphatic rings. The molecule has 3 aromatic rings. The number of carbonyl (C=O) groups excluding carboxylic acids is 1. The number of hydrogen-bond acceptors (Lipinski definition) is 4. The quantitative estimate of drug-likeness (QED) is 0.716. The van der Waals surface area contributed by atoms with Gasteiger partial charge in [-0.2, -0.15) is 0 Å². The summed E-state index contributed by atoms with van der Waals surface area (Å²) >= 11 is 0. The van der Waals surface area contributed by atoms with E-state index in [1.165, 1.54) is 0 Å². The van der Waals surface area contributed by atoms with Gasteiger partial charge in [0.1, 0.15) is 12.2 Å². The molecule has 0 radical (unpaired) electrons. The van der Waals surface area contributed by atoms with Crippen molar-refractivity contribution in [3.8, 4) is 11.1 Å². The molecule has 0 fully saturated rings. The highest BCUT2D eigenvalue weighted by molar-refractivity contribution is 5.95. The van der Waals surface area contributed by atoms with E-state index in [1.54, 1.807) is 19.3 Å². The Bertz CT molecular complexity index is 902. The molecule has 2 N–H and O–H groups in total. The summed E-state index contributed by atoms with van der Waals surface area (Å²) < 4.78 is 1.84. The normalized spacial score (nSPS) is 12.0. The van der Waals surface area contributed by atoms with Crippen molar-refractivity contribution in [2.24, 2.45) is 7.05 Å². The zero-order valence-corrected chi connectivity index (χ0v) is 14.9. The molecule has 1 amide bonds. The van der Waals surface area contributed by atoms with E-state index >= 15 is 0 Å². The summed E-state index contributed by atoms with van der Waals surface area (Å²) in [4.78, 5) is 12.4. The molecule has 0 aliphatic carbocycles. The van der Waals surface area contributed by atoms with Gasteiger partial charge in [-0.1, -0.05) is 30.3 Å². The molecule has 1 unspecified atom stereocenters. The van der Waals surface area contributed by atoms with Crippen molar-refractivity contribution < 1.29 is 9.90 Å². The van der Waals surface area contributed by atoms with E-state index in [2.05, 4.69) is 15.5 Å². The second kappa shape index (κ2) is 7.93. The van der Waals surface area contributed by atoms with Crippen molar-refractivity contribution in [2.75, 3.05) is 6.54 Å². The fraction of sp³-hybridized carbons (Fsp3) is 0.250. The fourth-order valence-electron chi connectivity index (χ4n) is 2.74. The Kier molecular flexibility index (Phi) is 5.43. The summed E-state index contributed by atoms with van der Waals surface area (Å²) in [5.74, 6) is 0.703. The predicted molar refractivity (Wildman–Crippen MR) is 99.6 cm³/mol. The first-order valence-electron chi connectivity index (χ1n) is 8.54. The van der Waals surface area contributed by atoms with Gasteiger partial charge < -0.3 is 15.0 Å². The zero-order valence-electron chi connectivity index (χ0n) is 14.9. The van der Waals surface area contributed by atoms with Crippen LogP contribution in [0.1, 0.15) is 34.8 Å². The molecule has 1 heterocycles. The molecule has 26 heavy (non-hydrogen) atoms. The molecule has 0 aliphatic heterocycles. The van der Waals surface area contributed by atoms with Crippen LogP contribution in [0.25, 0.3) is 11.1 Å². The van der Waals surface area contributed by atoms with Gasteiger partial charge in [0, 0.05) is 25.6 Å². The van der Waals surface area contributed by atoms with Gasteiger partial charge in [0.15, 0.2) is 0 Å². The van der Waals surface area contributed by atoms with Crippen molar-refractivity contribution >= 4 is 5.91 Å². The average Bonchev–Trinajstić information content (AvgIpc) is 3.07. The van der Waals surface area contributed by atoms with Gasteiger partial charge in [-0.25, -0.2) is 0 Å². The predicted octanol–water partition coefficient (Wildman–Crippen LogP) is 2.51. The van der Waals surface area contributed by atoms with E-state index < -0.39 is 6.10 Å². The molecule has 134 valence electrons. The van der Waals surface area contributed by atoms with Gasteiger partial charge in [0.25, 0.3) is 5.91 Å². The maximum atomic E-state index is 12.4. The van der Waals surface area contributed by atoms with Crippen molar-refractivity contribution in [1.29, 1.82) is 0 Å². The van der Waals surface area contributed by atoms with Crippen LogP contribution in [-0.2, 0) is 13.5 Å². The molecular formula is C20H22N4O2. The average molecular weight is 350 g/mol. The molecule has 1 aromatic heterocycles.